The van der Waals surface area contributed by atoms with Gasteiger partial charge >= 0.3 is 0 Å². The third kappa shape index (κ3) is 2.16. The molecule has 2 amide bonds. The zero-order valence-corrected chi connectivity index (χ0v) is 10.9. The average Bonchev–Trinajstić information content (AvgIpc) is 2.88. The number of likely N-dealkylation sites (N-methyl/N-ethyl adjacent to an activating group) is 1. The fourth-order valence-corrected chi connectivity index (χ4v) is 2.43. The summed E-state index contributed by atoms with van der Waals surface area (Å²) in [6.07, 6.45) is 0.845. The van der Waals surface area contributed by atoms with E-state index in [1.165, 1.54) is 0 Å². The van der Waals surface area contributed by atoms with Crippen LogP contribution < -0.4 is 4.74 Å². The van der Waals surface area contributed by atoms with E-state index in [0.29, 0.717) is 25.3 Å². The molecule has 1 saturated heterocycles. The van der Waals surface area contributed by atoms with Crippen molar-refractivity contribution in [2.24, 2.45) is 0 Å². The molecule has 0 radical (unpaired) electrons. The summed E-state index contributed by atoms with van der Waals surface area (Å²) in [6, 6.07) is 5.50. The fraction of sp³-hybridized carbons (Fsp3) is 0.429. The Morgan fingerprint density at radius 1 is 1.32 bits per heavy atom. The average molecular weight is 260 g/mol. The molecule has 1 fully saturated rings. The molecule has 0 aromatic heterocycles. The van der Waals surface area contributed by atoms with E-state index in [0.717, 1.165) is 17.7 Å². The number of fused-ring (bicyclic) bond motifs is 1. The Bertz CT molecular complexity index is 541. The summed E-state index contributed by atoms with van der Waals surface area (Å²) < 4.78 is 5.42. The SMILES string of the molecule is CN1CCN(C(=O)c2ccc3c(c2)CCO3)CC1=O. The quantitative estimate of drug-likeness (QED) is 0.740. The van der Waals surface area contributed by atoms with E-state index in [-0.39, 0.29) is 18.4 Å². The first-order valence-electron chi connectivity index (χ1n) is 6.44. The summed E-state index contributed by atoms with van der Waals surface area (Å²) in [6.45, 7) is 2.04. The van der Waals surface area contributed by atoms with Crippen molar-refractivity contribution < 1.29 is 14.3 Å². The Hall–Kier alpha value is -2.04. The number of ether oxygens (including phenoxy) is 1. The molecule has 1 aromatic rings. The molecule has 5 nitrogen and oxygen atoms in total. The highest BCUT2D eigenvalue weighted by molar-refractivity contribution is 5.97. The lowest BCUT2D eigenvalue weighted by atomic mass is 10.1. The smallest absolute Gasteiger partial charge is 0.254 e. The minimum atomic E-state index is -0.0730. The zero-order valence-electron chi connectivity index (χ0n) is 10.9. The summed E-state index contributed by atoms with van der Waals surface area (Å²) in [4.78, 5) is 27.3. The molecular weight excluding hydrogens is 244 g/mol. The lowest BCUT2D eigenvalue weighted by Gasteiger charge is -2.32. The molecule has 2 aliphatic heterocycles. The minimum absolute atomic E-state index is 0.0101. The molecule has 0 saturated carbocycles. The number of hydrogen-bond donors (Lipinski definition) is 0. The molecule has 3 rings (SSSR count). The Morgan fingerprint density at radius 3 is 2.95 bits per heavy atom. The molecule has 0 atom stereocenters. The predicted octanol–water partition coefficient (Wildman–Crippen LogP) is 0.536. The maximum absolute atomic E-state index is 12.4. The molecule has 2 heterocycles. The number of piperazine rings is 1. The van der Waals surface area contributed by atoms with Crippen LogP contribution in [-0.2, 0) is 11.2 Å². The summed E-state index contributed by atoms with van der Waals surface area (Å²) in [7, 11) is 1.76. The van der Waals surface area contributed by atoms with Crippen molar-refractivity contribution >= 4 is 11.8 Å². The van der Waals surface area contributed by atoms with Gasteiger partial charge in [-0.15, -0.1) is 0 Å². The lowest BCUT2D eigenvalue weighted by Crippen LogP contribution is -2.50. The third-order valence-electron chi connectivity index (χ3n) is 3.68. The van der Waals surface area contributed by atoms with Crippen molar-refractivity contribution in [2.75, 3.05) is 33.3 Å². The largest absolute Gasteiger partial charge is 0.493 e. The molecule has 0 bridgehead atoms. The fourth-order valence-electron chi connectivity index (χ4n) is 2.43. The van der Waals surface area contributed by atoms with Gasteiger partial charge in [0.05, 0.1) is 6.61 Å². The maximum Gasteiger partial charge on any atom is 0.254 e. The van der Waals surface area contributed by atoms with E-state index in [1.54, 1.807) is 22.9 Å². The van der Waals surface area contributed by atoms with E-state index >= 15 is 0 Å². The minimum Gasteiger partial charge on any atom is -0.493 e. The number of carbonyl (C=O) groups excluding carboxylic acids is 2. The monoisotopic (exact) mass is 260 g/mol. The van der Waals surface area contributed by atoms with Crippen LogP contribution in [0.15, 0.2) is 18.2 Å². The van der Waals surface area contributed by atoms with Crippen LogP contribution in [0.5, 0.6) is 5.75 Å². The van der Waals surface area contributed by atoms with Gasteiger partial charge < -0.3 is 14.5 Å². The van der Waals surface area contributed by atoms with Gasteiger partial charge in [-0.05, 0) is 23.8 Å². The number of carbonyl (C=O) groups is 2. The summed E-state index contributed by atoms with van der Waals surface area (Å²) >= 11 is 0. The molecule has 100 valence electrons. The topological polar surface area (TPSA) is 49.9 Å². The molecule has 0 spiro atoms. The lowest BCUT2D eigenvalue weighted by molar-refractivity contribution is -0.133. The van der Waals surface area contributed by atoms with Crippen LogP contribution in [0.2, 0.25) is 0 Å². The number of amides is 2. The molecule has 0 aliphatic carbocycles. The Labute approximate surface area is 111 Å². The van der Waals surface area contributed by atoms with E-state index in [2.05, 4.69) is 0 Å². The van der Waals surface area contributed by atoms with Gasteiger partial charge in [0.1, 0.15) is 12.3 Å². The number of rotatable bonds is 1. The summed E-state index contributed by atoms with van der Waals surface area (Å²) in [5.74, 6) is 0.784. The van der Waals surface area contributed by atoms with E-state index in [4.69, 9.17) is 4.74 Å². The molecule has 2 aliphatic rings. The Kier molecular flexibility index (Phi) is 2.89. The second-order valence-electron chi connectivity index (χ2n) is 4.96. The van der Waals surface area contributed by atoms with E-state index in [9.17, 15) is 9.59 Å². The van der Waals surface area contributed by atoms with Gasteiger partial charge in [0.25, 0.3) is 5.91 Å². The molecule has 5 heteroatoms. The maximum atomic E-state index is 12.4. The second kappa shape index (κ2) is 4.57. The van der Waals surface area contributed by atoms with Crippen molar-refractivity contribution in [1.82, 2.24) is 9.80 Å². The standard InChI is InChI=1S/C14H16N2O3/c1-15-5-6-16(9-13(15)17)14(18)11-2-3-12-10(8-11)4-7-19-12/h2-3,8H,4-7,9H2,1H3. The molecule has 1 aromatic carbocycles. The van der Waals surface area contributed by atoms with Gasteiger partial charge in [-0.1, -0.05) is 0 Å². The highest BCUT2D eigenvalue weighted by atomic mass is 16.5. The van der Waals surface area contributed by atoms with Crippen LogP contribution in [-0.4, -0.2) is 54.9 Å². The van der Waals surface area contributed by atoms with Crippen LogP contribution in [0.1, 0.15) is 15.9 Å². The van der Waals surface area contributed by atoms with Gasteiger partial charge in [0, 0.05) is 32.1 Å². The molecule has 0 unspecified atom stereocenters. The van der Waals surface area contributed by atoms with Crippen LogP contribution >= 0.6 is 0 Å². The highest BCUT2D eigenvalue weighted by Gasteiger charge is 2.26. The van der Waals surface area contributed by atoms with Gasteiger partial charge in [-0.25, -0.2) is 0 Å². The number of hydrogen-bond acceptors (Lipinski definition) is 3. The van der Waals surface area contributed by atoms with E-state index in [1.807, 2.05) is 12.1 Å². The molecule has 0 N–H and O–H groups in total. The van der Waals surface area contributed by atoms with Crippen molar-refractivity contribution in [3.63, 3.8) is 0 Å². The van der Waals surface area contributed by atoms with Crippen LogP contribution in [0.3, 0.4) is 0 Å². The van der Waals surface area contributed by atoms with Crippen LogP contribution in [0.4, 0.5) is 0 Å². The first-order chi connectivity index (χ1) is 9.15. The number of benzene rings is 1. The van der Waals surface area contributed by atoms with E-state index < -0.39 is 0 Å². The van der Waals surface area contributed by atoms with Crippen LogP contribution in [0, 0.1) is 0 Å². The van der Waals surface area contributed by atoms with Gasteiger partial charge in [0.15, 0.2) is 0 Å². The van der Waals surface area contributed by atoms with Crippen molar-refractivity contribution in [1.29, 1.82) is 0 Å². The molecule has 19 heavy (non-hydrogen) atoms. The Morgan fingerprint density at radius 2 is 2.16 bits per heavy atom. The predicted molar refractivity (Wildman–Crippen MR) is 69.2 cm³/mol. The third-order valence-corrected chi connectivity index (χ3v) is 3.68. The summed E-state index contributed by atoms with van der Waals surface area (Å²) in [5.41, 5.74) is 1.72. The summed E-state index contributed by atoms with van der Waals surface area (Å²) in [5, 5.41) is 0. The van der Waals surface area contributed by atoms with Gasteiger partial charge in [-0.2, -0.15) is 0 Å². The zero-order chi connectivity index (χ0) is 13.4. The van der Waals surface area contributed by atoms with Crippen molar-refractivity contribution in [3.05, 3.63) is 29.3 Å². The first-order valence-corrected chi connectivity index (χ1v) is 6.44. The normalized spacial score (nSPS) is 18.3. The van der Waals surface area contributed by atoms with Crippen LogP contribution in [0.25, 0.3) is 0 Å². The second-order valence-corrected chi connectivity index (χ2v) is 4.96. The number of nitrogens with zero attached hydrogens (tertiary/aromatic N) is 2. The van der Waals surface area contributed by atoms with Crippen molar-refractivity contribution in [3.8, 4) is 5.75 Å². The van der Waals surface area contributed by atoms with Crippen molar-refractivity contribution in [2.45, 2.75) is 6.42 Å². The van der Waals surface area contributed by atoms with Gasteiger partial charge in [0.2, 0.25) is 5.91 Å². The Balaban J connectivity index is 1.79. The highest BCUT2D eigenvalue weighted by Crippen LogP contribution is 2.26. The molecular formula is C14H16N2O3. The van der Waals surface area contributed by atoms with Gasteiger partial charge in [-0.3, -0.25) is 9.59 Å². The first kappa shape index (κ1) is 12.0.